The summed E-state index contributed by atoms with van der Waals surface area (Å²) in [6.45, 7) is 2.25. The second-order valence-electron chi connectivity index (χ2n) is 5.91. The second kappa shape index (κ2) is 8.83. The number of hydrogen-bond donors (Lipinski definition) is 1. The Balaban J connectivity index is 1.67. The molecule has 116 valence electrons. The normalized spacial score (nSPS) is 12.9. The van der Waals surface area contributed by atoms with Gasteiger partial charge in [-0.2, -0.15) is 5.10 Å². The SMILES string of the molecule is CCCCCCCCCCC(O)c1cnn2ccccc12. The Morgan fingerprint density at radius 3 is 2.52 bits per heavy atom. The third-order valence-corrected chi connectivity index (χ3v) is 4.15. The smallest absolute Gasteiger partial charge is 0.0826 e. The summed E-state index contributed by atoms with van der Waals surface area (Å²) in [4.78, 5) is 0. The summed E-state index contributed by atoms with van der Waals surface area (Å²) >= 11 is 0. The van der Waals surface area contributed by atoms with Crippen LogP contribution >= 0.6 is 0 Å². The van der Waals surface area contributed by atoms with E-state index in [0.29, 0.717) is 0 Å². The maximum absolute atomic E-state index is 10.3. The van der Waals surface area contributed by atoms with Gasteiger partial charge in [0, 0.05) is 11.8 Å². The van der Waals surface area contributed by atoms with Crippen LogP contribution in [0.4, 0.5) is 0 Å². The van der Waals surface area contributed by atoms with Crippen molar-refractivity contribution in [2.75, 3.05) is 0 Å². The Labute approximate surface area is 128 Å². The zero-order chi connectivity index (χ0) is 14.9. The fourth-order valence-corrected chi connectivity index (χ4v) is 2.84. The number of aromatic nitrogens is 2. The molecule has 0 aliphatic rings. The van der Waals surface area contributed by atoms with Crippen molar-refractivity contribution in [2.45, 2.75) is 70.8 Å². The van der Waals surface area contributed by atoms with Gasteiger partial charge in [0.2, 0.25) is 0 Å². The van der Waals surface area contributed by atoms with Crippen LogP contribution in [0, 0.1) is 0 Å². The molecule has 0 saturated carbocycles. The van der Waals surface area contributed by atoms with E-state index in [0.717, 1.165) is 23.9 Å². The molecule has 1 atom stereocenters. The van der Waals surface area contributed by atoms with E-state index in [1.165, 1.54) is 44.9 Å². The second-order valence-corrected chi connectivity index (χ2v) is 5.91. The topological polar surface area (TPSA) is 37.5 Å². The zero-order valence-electron chi connectivity index (χ0n) is 13.2. The molecule has 2 heterocycles. The van der Waals surface area contributed by atoms with Gasteiger partial charge in [0.1, 0.15) is 0 Å². The molecule has 0 amide bonds. The Hall–Kier alpha value is -1.35. The molecular formula is C18H28N2O. The van der Waals surface area contributed by atoms with Crippen molar-refractivity contribution >= 4 is 5.52 Å². The van der Waals surface area contributed by atoms with Crippen molar-refractivity contribution in [2.24, 2.45) is 0 Å². The average Bonchev–Trinajstić information content (AvgIpc) is 2.94. The molecule has 1 N–H and O–H groups in total. The summed E-state index contributed by atoms with van der Waals surface area (Å²) in [5.74, 6) is 0. The highest BCUT2D eigenvalue weighted by Crippen LogP contribution is 2.24. The van der Waals surface area contributed by atoms with E-state index in [4.69, 9.17) is 0 Å². The minimum Gasteiger partial charge on any atom is -0.388 e. The van der Waals surface area contributed by atoms with Crippen LogP contribution in [0.5, 0.6) is 0 Å². The molecule has 0 aliphatic carbocycles. The number of nitrogens with zero attached hydrogens (tertiary/aromatic N) is 2. The van der Waals surface area contributed by atoms with Crippen molar-refractivity contribution in [1.29, 1.82) is 0 Å². The molecule has 2 rings (SSSR count). The monoisotopic (exact) mass is 288 g/mol. The summed E-state index contributed by atoms with van der Waals surface area (Å²) in [7, 11) is 0. The molecule has 0 spiro atoms. The van der Waals surface area contributed by atoms with Crippen LogP contribution < -0.4 is 0 Å². The molecule has 2 aromatic rings. The number of fused-ring (bicyclic) bond motifs is 1. The lowest BCUT2D eigenvalue weighted by Crippen LogP contribution is -1.97. The fourth-order valence-electron chi connectivity index (χ4n) is 2.84. The van der Waals surface area contributed by atoms with E-state index in [1.54, 1.807) is 6.20 Å². The number of hydrogen-bond acceptors (Lipinski definition) is 2. The Bertz CT molecular complexity index is 521. The van der Waals surface area contributed by atoms with Crippen LogP contribution in [-0.4, -0.2) is 14.7 Å². The van der Waals surface area contributed by atoms with E-state index >= 15 is 0 Å². The molecule has 0 bridgehead atoms. The molecule has 3 heteroatoms. The van der Waals surface area contributed by atoms with E-state index in [9.17, 15) is 5.11 Å². The van der Waals surface area contributed by atoms with Gasteiger partial charge in [0.05, 0.1) is 17.8 Å². The van der Waals surface area contributed by atoms with Crippen molar-refractivity contribution in [3.05, 3.63) is 36.2 Å². The van der Waals surface area contributed by atoms with Gasteiger partial charge in [0.25, 0.3) is 0 Å². The first-order chi connectivity index (χ1) is 10.3. The standard InChI is InChI=1S/C18H28N2O/c1-2-3-4-5-6-7-8-9-13-18(21)16-15-19-20-14-11-10-12-17(16)20/h10-12,14-15,18,21H,2-9,13H2,1H3. The lowest BCUT2D eigenvalue weighted by Gasteiger charge is -2.09. The first-order valence-corrected chi connectivity index (χ1v) is 8.43. The Kier molecular flexibility index (Phi) is 6.74. The third kappa shape index (κ3) is 4.85. The summed E-state index contributed by atoms with van der Waals surface area (Å²) < 4.78 is 1.83. The van der Waals surface area contributed by atoms with Gasteiger partial charge in [-0.25, -0.2) is 4.52 Å². The van der Waals surface area contributed by atoms with Gasteiger partial charge in [0.15, 0.2) is 0 Å². The van der Waals surface area contributed by atoms with Gasteiger partial charge in [-0.15, -0.1) is 0 Å². The third-order valence-electron chi connectivity index (χ3n) is 4.15. The van der Waals surface area contributed by atoms with Crippen LogP contribution in [0.25, 0.3) is 5.52 Å². The summed E-state index contributed by atoms with van der Waals surface area (Å²) in [6.07, 6.45) is 14.5. The minimum atomic E-state index is -0.384. The minimum absolute atomic E-state index is 0.384. The van der Waals surface area contributed by atoms with Gasteiger partial charge >= 0.3 is 0 Å². The Morgan fingerprint density at radius 1 is 1.05 bits per heavy atom. The molecule has 0 fully saturated rings. The molecule has 1 unspecified atom stereocenters. The predicted octanol–water partition coefficient (Wildman–Crippen LogP) is 4.90. The molecule has 0 radical (unpaired) electrons. The molecule has 3 nitrogen and oxygen atoms in total. The van der Waals surface area contributed by atoms with E-state index in [-0.39, 0.29) is 6.10 Å². The van der Waals surface area contributed by atoms with Gasteiger partial charge in [-0.1, -0.05) is 64.4 Å². The van der Waals surface area contributed by atoms with E-state index in [2.05, 4.69) is 12.0 Å². The van der Waals surface area contributed by atoms with Gasteiger partial charge in [-0.3, -0.25) is 0 Å². The van der Waals surface area contributed by atoms with Crippen LogP contribution in [0.1, 0.15) is 76.4 Å². The highest BCUT2D eigenvalue weighted by Gasteiger charge is 2.12. The van der Waals surface area contributed by atoms with Crippen molar-refractivity contribution in [3.63, 3.8) is 0 Å². The Morgan fingerprint density at radius 2 is 1.76 bits per heavy atom. The lowest BCUT2D eigenvalue weighted by molar-refractivity contribution is 0.164. The quantitative estimate of drug-likeness (QED) is 0.631. The average molecular weight is 288 g/mol. The van der Waals surface area contributed by atoms with E-state index < -0.39 is 0 Å². The van der Waals surface area contributed by atoms with Crippen LogP contribution in [0.2, 0.25) is 0 Å². The molecule has 0 aromatic carbocycles. The van der Waals surface area contributed by atoms with Crippen LogP contribution in [0.15, 0.2) is 30.6 Å². The van der Waals surface area contributed by atoms with Crippen molar-refractivity contribution in [1.82, 2.24) is 9.61 Å². The molecule has 21 heavy (non-hydrogen) atoms. The number of aliphatic hydroxyl groups excluding tert-OH is 1. The maximum atomic E-state index is 10.3. The van der Waals surface area contributed by atoms with Gasteiger partial charge in [-0.05, 0) is 18.6 Å². The molecule has 2 aromatic heterocycles. The first kappa shape index (κ1) is 16.0. The molecular weight excluding hydrogens is 260 g/mol. The zero-order valence-corrected chi connectivity index (χ0v) is 13.2. The number of pyridine rings is 1. The van der Waals surface area contributed by atoms with Gasteiger partial charge < -0.3 is 5.11 Å². The van der Waals surface area contributed by atoms with Crippen LogP contribution in [-0.2, 0) is 0 Å². The fraction of sp³-hybridized carbons (Fsp3) is 0.611. The number of rotatable bonds is 10. The molecule has 0 aliphatic heterocycles. The van der Waals surface area contributed by atoms with Crippen molar-refractivity contribution in [3.8, 4) is 0 Å². The number of aliphatic hydroxyl groups is 1. The summed E-state index contributed by atoms with van der Waals surface area (Å²) in [6, 6.07) is 5.96. The first-order valence-electron chi connectivity index (χ1n) is 8.43. The molecule has 0 saturated heterocycles. The highest BCUT2D eigenvalue weighted by molar-refractivity contribution is 5.54. The van der Waals surface area contributed by atoms with Crippen LogP contribution in [0.3, 0.4) is 0 Å². The summed E-state index contributed by atoms with van der Waals surface area (Å²) in [5.41, 5.74) is 1.98. The highest BCUT2D eigenvalue weighted by atomic mass is 16.3. The summed E-state index contributed by atoms with van der Waals surface area (Å²) in [5, 5.41) is 14.6. The van der Waals surface area contributed by atoms with Crippen molar-refractivity contribution < 1.29 is 5.11 Å². The number of unbranched alkanes of at least 4 members (excludes halogenated alkanes) is 7. The lowest BCUT2D eigenvalue weighted by atomic mass is 10.0. The predicted molar refractivity (Wildman–Crippen MR) is 87.4 cm³/mol. The maximum Gasteiger partial charge on any atom is 0.0826 e. The van der Waals surface area contributed by atoms with E-state index in [1.807, 2.05) is 28.9 Å². The largest absolute Gasteiger partial charge is 0.388 e.